The van der Waals surface area contributed by atoms with Gasteiger partial charge in [0, 0.05) is 49.5 Å². The molecule has 1 aliphatic rings. The molecule has 40 heavy (non-hydrogen) atoms. The van der Waals surface area contributed by atoms with Crippen molar-refractivity contribution in [2.24, 2.45) is 5.41 Å². The van der Waals surface area contributed by atoms with E-state index in [4.69, 9.17) is 18.3 Å². The standard InChI is InChI=1S/C24H42N3O11PS/c1-7-35-39(34)36-16-24(2,3)22(38-39)23(33)26-11-10-18(28)25-12-13-40-21(32)9-8-20(31)37-17(14-19(29)30)15-27(4,5)6/h17,22H,7-16H2,1-6H3,(H2-,25,26,28,29,30,33)/t17-,22+,39?/m1/s1. The van der Waals surface area contributed by atoms with Crippen molar-refractivity contribution in [3.05, 3.63) is 0 Å². The molecule has 1 rings (SSSR count). The van der Waals surface area contributed by atoms with Crippen molar-refractivity contribution in [2.75, 3.05) is 59.7 Å². The van der Waals surface area contributed by atoms with Gasteiger partial charge in [-0.3, -0.25) is 32.7 Å². The molecule has 0 aromatic rings. The highest BCUT2D eigenvalue weighted by Crippen LogP contribution is 2.57. The van der Waals surface area contributed by atoms with Crippen molar-refractivity contribution < 1.29 is 56.4 Å². The summed E-state index contributed by atoms with van der Waals surface area (Å²) in [5.41, 5.74) is -0.763. The number of ether oxygens (including phenoxy) is 1. The van der Waals surface area contributed by atoms with Crippen molar-refractivity contribution in [1.82, 2.24) is 10.6 Å². The number of esters is 1. The summed E-state index contributed by atoms with van der Waals surface area (Å²) in [6, 6.07) is 0. The Morgan fingerprint density at radius 2 is 1.77 bits per heavy atom. The maximum atomic E-state index is 12.6. The predicted molar refractivity (Wildman–Crippen MR) is 144 cm³/mol. The molecule has 0 radical (unpaired) electrons. The number of likely N-dealkylation sites (N-methyl/N-ethyl adjacent to an activating group) is 1. The molecule has 0 aromatic heterocycles. The largest absolute Gasteiger partial charge is 0.550 e. The maximum Gasteiger partial charge on any atom is 0.475 e. The number of carboxylic acids is 1. The zero-order valence-electron chi connectivity index (χ0n) is 24.0. The van der Waals surface area contributed by atoms with E-state index in [1.807, 2.05) is 21.1 Å². The summed E-state index contributed by atoms with van der Waals surface area (Å²) in [6.07, 6.45) is -2.67. The van der Waals surface area contributed by atoms with Gasteiger partial charge in [-0.2, -0.15) is 0 Å². The molecular weight excluding hydrogens is 569 g/mol. The number of hydrogen-bond acceptors (Lipinski definition) is 12. The quantitative estimate of drug-likeness (QED) is 0.0971. The number of carbonyl (C=O) groups excluding carboxylic acids is 5. The van der Waals surface area contributed by atoms with Crippen LogP contribution in [0.1, 0.15) is 46.5 Å². The minimum atomic E-state index is -3.83. The van der Waals surface area contributed by atoms with Gasteiger partial charge in [0.1, 0.15) is 6.54 Å². The number of amides is 2. The number of rotatable bonds is 17. The van der Waals surface area contributed by atoms with E-state index in [1.165, 1.54) is 0 Å². The fourth-order valence-electron chi connectivity index (χ4n) is 3.55. The van der Waals surface area contributed by atoms with Crippen molar-refractivity contribution in [3.8, 4) is 0 Å². The molecule has 1 saturated heterocycles. The lowest BCUT2D eigenvalue weighted by molar-refractivity contribution is -0.873. The summed E-state index contributed by atoms with van der Waals surface area (Å²) in [6.45, 7) is 5.65. The molecule has 0 aliphatic carbocycles. The third kappa shape index (κ3) is 14.6. The van der Waals surface area contributed by atoms with Gasteiger partial charge in [0.2, 0.25) is 11.8 Å². The summed E-state index contributed by atoms with van der Waals surface area (Å²) >= 11 is 0.946. The summed E-state index contributed by atoms with van der Waals surface area (Å²) in [5, 5.41) is 15.9. The predicted octanol–water partition coefficient (Wildman–Crippen LogP) is -0.00690. The molecule has 0 spiro atoms. The molecule has 1 aliphatic heterocycles. The van der Waals surface area contributed by atoms with Crippen LogP contribution in [0, 0.1) is 5.41 Å². The lowest BCUT2D eigenvalue weighted by Gasteiger charge is -2.39. The van der Waals surface area contributed by atoms with Gasteiger partial charge in [0.05, 0.1) is 40.8 Å². The monoisotopic (exact) mass is 611 g/mol. The molecule has 0 aromatic carbocycles. The van der Waals surface area contributed by atoms with Gasteiger partial charge >= 0.3 is 13.8 Å². The van der Waals surface area contributed by atoms with Crippen molar-refractivity contribution in [3.63, 3.8) is 0 Å². The number of carbonyl (C=O) groups is 5. The molecule has 2 amide bonds. The second-order valence-electron chi connectivity index (χ2n) is 10.9. The Hall–Kier alpha value is -2.03. The topological polar surface area (TPSA) is 186 Å². The third-order valence-corrected chi connectivity index (χ3v) is 7.80. The summed E-state index contributed by atoms with van der Waals surface area (Å²) in [7, 11) is 1.66. The average Bonchev–Trinajstić information content (AvgIpc) is 2.81. The number of aliphatic carboxylic acids is 1. The number of hydrogen-bond donors (Lipinski definition) is 2. The van der Waals surface area contributed by atoms with Crippen LogP contribution in [0.15, 0.2) is 0 Å². The normalized spacial score (nSPS) is 21.2. The van der Waals surface area contributed by atoms with Gasteiger partial charge < -0.3 is 29.8 Å². The molecule has 3 atom stereocenters. The van der Waals surface area contributed by atoms with Crippen LogP contribution in [-0.2, 0) is 46.8 Å². The molecule has 0 bridgehead atoms. The molecule has 230 valence electrons. The smallest absolute Gasteiger partial charge is 0.475 e. The first-order valence-electron chi connectivity index (χ1n) is 12.9. The Morgan fingerprint density at radius 3 is 2.38 bits per heavy atom. The lowest BCUT2D eigenvalue weighted by Crippen LogP contribution is -2.50. The van der Waals surface area contributed by atoms with Gasteiger partial charge in [0.25, 0.3) is 0 Å². The van der Waals surface area contributed by atoms with Crippen molar-refractivity contribution in [2.45, 2.75) is 58.7 Å². The number of nitrogens with zero attached hydrogens (tertiary/aromatic N) is 1. The van der Waals surface area contributed by atoms with E-state index in [-0.39, 0.29) is 68.9 Å². The SMILES string of the molecule is CCOP1(=O)OCC(C)(C)[C@H](C(=O)NCCC(=O)NCCSC(=O)CCC(=O)O[C@H](CC(=O)[O-])C[N+](C)(C)C)O1. The lowest BCUT2D eigenvalue weighted by atomic mass is 9.87. The van der Waals surface area contributed by atoms with Crippen LogP contribution >= 0.6 is 19.6 Å². The minimum absolute atomic E-state index is 0.0000505. The van der Waals surface area contributed by atoms with E-state index in [2.05, 4.69) is 10.6 Å². The molecule has 1 heterocycles. The Balaban J connectivity index is 2.29. The first-order valence-corrected chi connectivity index (χ1v) is 15.4. The highest BCUT2D eigenvalue weighted by atomic mass is 32.2. The number of quaternary nitrogens is 1. The molecule has 2 N–H and O–H groups in total. The van der Waals surface area contributed by atoms with Crippen LogP contribution in [-0.4, -0.2) is 105 Å². The van der Waals surface area contributed by atoms with Crippen LogP contribution in [0.2, 0.25) is 0 Å². The number of carboxylic acid groups (broad SMARTS) is 1. The number of nitrogens with one attached hydrogen (secondary N) is 2. The average molecular weight is 612 g/mol. The molecular formula is C24H42N3O11PS. The van der Waals surface area contributed by atoms with Gasteiger partial charge in [-0.05, 0) is 6.92 Å². The Bertz CT molecular complexity index is 955. The molecule has 16 heteroatoms. The maximum absolute atomic E-state index is 12.6. The highest BCUT2D eigenvalue weighted by molar-refractivity contribution is 8.13. The fraction of sp³-hybridized carbons (Fsp3) is 0.792. The number of thioether (sulfide) groups is 1. The highest BCUT2D eigenvalue weighted by Gasteiger charge is 2.48. The second kappa shape index (κ2) is 16.4. The summed E-state index contributed by atoms with van der Waals surface area (Å²) in [5.74, 6) is -2.60. The van der Waals surface area contributed by atoms with E-state index in [9.17, 15) is 33.6 Å². The fourth-order valence-corrected chi connectivity index (χ4v) is 5.87. The molecule has 0 saturated carbocycles. The molecule has 1 unspecified atom stereocenters. The van der Waals surface area contributed by atoms with Crippen LogP contribution in [0.4, 0.5) is 0 Å². The van der Waals surface area contributed by atoms with E-state index in [1.54, 1.807) is 20.8 Å². The Morgan fingerprint density at radius 1 is 1.10 bits per heavy atom. The van der Waals surface area contributed by atoms with Crippen molar-refractivity contribution in [1.29, 1.82) is 0 Å². The van der Waals surface area contributed by atoms with E-state index in [0.29, 0.717) is 4.48 Å². The number of phosphoric ester groups is 1. The Labute approximate surface area is 239 Å². The zero-order chi connectivity index (χ0) is 30.6. The van der Waals surface area contributed by atoms with E-state index >= 15 is 0 Å². The Kier molecular flexibility index (Phi) is 14.8. The first-order chi connectivity index (χ1) is 18.5. The van der Waals surface area contributed by atoms with Gasteiger partial charge in [-0.25, -0.2) is 4.57 Å². The van der Waals surface area contributed by atoms with Crippen LogP contribution < -0.4 is 15.7 Å². The first kappa shape index (κ1) is 36.0. The second-order valence-corrected chi connectivity index (χ2v) is 13.7. The van der Waals surface area contributed by atoms with Gasteiger partial charge in [-0.15, -0.1) is 0 Å². The van der Waals surface area contributed by atoms with Crippen molar-refractivity contribution >= 4 is 48.5 Å². The van der Waals surface area contributed by atoms with Crippen LogP contribution in [0.5, 0.6) is 0 Å². The van der Waals surface area contributed by atoms with E-state index < -0.39 is 49.7 Å². The third-order valence-electron chi connectivity index (χ3n) is 5.38. The van der Waals surface area contributed by atoms with Gasteiger partial charge in [-0.1, -0.05) is 25.6 Å². The molecule has 14 nitrogen and oxygen atoms in total. The summed E-state index contributed by atoms with van der Waals surface area (Å²) in [4.78, 5) is 59.7. The number of phosphoric acid groups is 1. The van der Waals surface area contributed by atoms with Gasteiger partial charge in [0.15, 0.2) is 17.3 Å². The molecule has 1 fully saturated rings. The van der Waals surface area contributed by atoms with E-state index in [0.717, 1.165) is 11.8 Å². The summed E-state index contributed by atoms with van der Waals surface area (Å²) < 4.78 is 33.6. The van der Waals surface area contributed by atoms with Crippen LogP contribution in [0.25, 0.3) is 0 Å². The zero-order valence-corrected chi connectivity index (χ0v) is 25.7. The minimum Gasteiger partial charge on any atom is -0.550 e. The van der Waals surface area contributed by atoms with Crippen LogP contribution in [0.3, 0.4) is 0 Å².